The van der Waals surface area contributed by atoms with Crippen LogP contribution in [0.1, 0.15) is 42.4 Å². The number of carbonyl (C=O) groups excluding carboxylic acids is 1. The normalized spacial score (nSPS) is 29.2. The molecule has 2 saturated heterocycles. The first-order valence-corrected chi connectivity index (χ1v) is 8.65. The number of amides is 1. The van der Waals surface area contributed by atoms with Crippen LogP contribution in [0.3, 0.4) is 0 Å². The molecule has 0 radical (unpaired) electrons. The molecule has 2 fully saturated rings. The second-order valence-corrected chi connectivity index (χ2v) is 7.22. The summed E-state index contributed by atoms with van der Waals surface area (Å²) >= 11 is 0. The van der Waals surface area contributed by atoms with E-state index in [0.717, 1.165) is 44.6 Å². The highest BCUT2D eigenvalue weighted by Crippen LogP contribution is 2.38. The SMILES string of the molecule is CCn1nc(C)cc1C(=O)N1CCC[C@]2(CN(C)CC[C@@H]2O)C1. The molecule has 6 heteroatoms. The minimum Gasteiger partial charge on any atom is -0.392 e. The van der Waals surface area contributed by atoms with Crippen LogP contribution >= 0.6 is 0 Å². The van der Waals surface area contributed by atoms with Gasteiger partial charge in [0.15, 0.2) is 0 Å². The summed E-state index contributed by atoms with van der Waals surface area (Å²) in [7, 11) is 2.10. The number of piperidine rings is 2. The topological polar surface area (TPSA) is 61.6 Å². The Bertz CT molecular complexity index is 585. The number of aryl methyl sites for hydroxylation is 2. The third kappa shape index (κ3) is 3.02. The largest absolute Gasteiger partial charge is 0.392 e. The highest BCUT2D eigenvalue weighted by atomic mass is 16.3. The third-order valence-electron chi connectivity index (χ3n) is 5.39. The molecule has 1 aromatic rings. The summed E-state index contributed by atoms with van der Waals surface area (Å²) in [6, 6.07) is 1.87. The molecule has 6 nitrogen and oxygen atoms in total. The Hall–Kier alpha value is -1.40. The Morgan fingerprint density at radius 3 is 2.96 bits per heavy atom. The highest BCUT2D eigenvalue weighted by molar-refractivity contribution is 5.92. The van der Waals surface area contributed by atoms with Crippen molar-refractivity contribution in [3.63, 3.8) is 0 Å². The minimum atomic E-state index is -0.313. The van der Waals surface area contributed by atoms with E-state index < -0.39 is 0 Å². The lowest BCUT2D eigenvalue weighted by Crippen LogP contribution is -2.59. The molecule has 1 aromatic heterocycles. The molecule has 23 heavy (non-hydrogen) atoms. The lowest BCUT2D eigenvalue weighted by atomic mass is 9.71. The minimum absolute atomic E-state index is 0.0481. The molecular weight excluding hydrogens is 292 g/mol. The summed E-state index contributed by atoms with van der Waals surface area (Å²) in [6.07, 6.45) is 2.43. The van der Waals surface area contributed by atoms with Crippen molar-refractivity contribution in [2.45, 2.75) is 45.8 Å². The number of hydrogen-bond acceptors (Lipinski definition) is 4. The van der Waals surface area contributed by atoms with E-state index in [0.29, 0.717) is 18.8 Å². The molecule has 0 saturated carbocycles. The Labute approximate surface area is 138 Å². The van der Waals surface area contributed by atoms with Gasteiger partial charge in [-0.25, -0.2) is 0 Å². The summed E-state index contributed by atoms with van der Waals surface area (Å²) in [5, 5.41) is 15.0. The van der Waals surface area contributed by atoms with Gasteiger partial charge in [-0.1, -0.05) is 0 Å². The van der Waals surface area contributed by atoms with E-state index in [1.807, 2.05) is 24.8 Å². The fourth-order valence-corrected chi connectivity index (χ4v) is 4.23. The first-order chi connectivity index (χ1) is 10.9. The molecule has 0 aliphatic carbocycles. The van der Waals surface area contributed by atoms with E-state index in [9.17, 15) is 9.90 Å². The molecule has 2 aliphatic rings. The van der Waals surface area contributed by atoms with Gasteiger partial charge < -0.3 is 14.9 Å². The van der Waals surface area contributed by atoms with Crippen molar-refractivity contribution in [1.29, 1.82) is 0 Å². The molecule has 1 N–H and O–H groups in total. The van der Waals surface area contributed by atoms with E-state index in [2.05, 4.69) is 17.0 Å². The van der Waals surface area contributed by atoms with Crippen LogP contribution in [0.2, 0.25) is 0 Å². The van der Waals surface area contributed by atoms with E-state index in [-0.39, 0.29) is 17.4 Å². The molecule has 128 valence electrons. The quantitative estimate of drug-likeness (QED) is 0.887. The average Bonchev–Trinajstić information content (AvgIpc) is 2.92. The number of rotatable bonds is 2. The Kier molecular flexibility index (Phi) is 4.47. The van der Waals surface area contributed by atoms with Crippen LogP contribution in [0.5, 0.6) is 0 Å². The van der Waals surface area contributed by atoms with Gasteiger partial charge in [0.05, 0.1) is 11.8 Å². The summed E-state index contributed by atoms with van der Waals surface area (Å²) in [5.74, 6) is 0.0481. The van der Waals surface area contributed by atoms with Crippen LogP contribution in [0.4, 0.5) is 0 Å². The summed E-state index contributed by atoms with van der Waals surface area (Å²) in [6.45, 7) is 7.82. The second kappa shape index (κ2) is 6.24. The highest BCUT2D eigenvalue weighted by Gasteiger charge is 2.45. The van der Waals surface area contributed by atoms with Crippen LogP contribution in [-0.2, 0) is 6.54 Å². The van der Waals surface area contributed by atoms with Gasteiger partial charge in [0.25, 0.3) is 5.91 Å². The van der Waals surface area contributed by atoms with Gasteiger partial charge in [-0.2, -0.15) is 5.10 Å². The number of aliphatic hydroxyl groups excluding tert-OH is 1. The number of likely N-dealkylation sites (tertiary alicyclic amines) is 2. The molecule has 2 atom stereocenters. The summed E-state index contributed by atoms with van der Waals surface area (Å²) in [4.78, 5) is 17.2. The first kappa shape index (κ1) is 16.5. The fourth-order valence-electron chi connectivity index (χ4n) is 4.23. The van der Waals surface area contributed by atoms with Gasteiger partial charge in [0.2, 0.25) is 0 Å². The zero-order chi connectivity index (χ0) is 16.6. The lowest BCUT2D eigenvalue weighted by molar-refractivity contribution is -0.0732. The van der Waals surface area contributed by atoms with Crippen molar-refractivity contribution in [3.05, 3.63) is 17.5 Å². The van der Waals surface area contributed by atoms with Crippen LogP contribution in [0, 0.1) is 12.3 Å². The van der Waals surface area contributed by atoms with E-state index in [1.54, 1.807) is 4.68 Å². The molecule has 2 aliphatic heterocycles. The van der Waals surface area contributed by atoms with Crippen molar-refractivity contribution in [2.24, 2.45) is 5.41 Å². The molecule has 1 spiro atoms. The van der Waals surface area contributed by atoms with Crippen LogP contribution in [0.25, 0.3) is 0 Å². The molecule has 3 rings (SSSR count). The second-order valence-electron chi connectivity index (χ2n) is 7.22. The van der Waals surface area contributed by atoms with Gasteiger partial charge in [0.1, 0.15) is 5.69 Å². The van der Waals surface area contributed by atoms with Gasteiger partial charge >= 0.3 is 0 Å². The van der Waals surface area contributed by atoms with Gasteiger partial charge in [-0.3, -0.25) is 9.48 Å². The third-order valence-corrected chi connectivity index (χ3v) is 5.39. The van der Waals surface area contributed by atoms with Crippen molar-refractivity contribution in [1.82, 2.24) is 19.6 Å². The molecular formula is C17H28N4O2. The van der Waals surface area contributed by atoms with E-state index in [4.69, 9.17) is 0 Å². The lowest BCUT2D eigenvalue weighted by Gasteiger charge is -2.50. The van der Waals surface area contributed by atoms with Crippen LogP contribution in [-0.4, -0.2) is 69.9 Å². The summed E-state index contributed by atoms with van der Waals surface area (Å²) < 4.78 is 1.78. The fraction of sp³-hybridized carbons (Fsp3) is 0.765. The Morgan fingerprint density at radius 1 is 1.43 bits per heavy atom. The maximum Gasteiger partial charge on any atom is 0.272 e. The van der Waals surface area contributed by atoms with Gasteiger partial charge in [0, 0.05) is 38.1 Å². The molecule has 3 heterocycles. The number of nitrogens with zero attached hydrogens (tertiary/aromatic N) is 4. The molecule has 0 unspecified atom stereocenters. The number of aromatic nitrogens is 2. The van der Waals surface area contributed by atoms with Crippen molar-refractivity contribution in [3.8, 4) is 0 Å². The Morgan fingerprint density at radius 2 is 2.22 bits per heavy atom. The van der Waals surface area contributed by atoms with E-state index in [1.165, 1.54) is 0 Å². The predicted octanol–water partition coefficient (Wildman–Crippen LogP) is 1.13. The van der Waals surface area contributed by atoms with Crippen molar-refractivity contribution >= 4 is 5.91 Å². The zero-order valence-corrected chi connectivity index (χ0v) is 14.5. The number of aliphatic hydroxyl groups is 1. The van der Waals surface area contributed by atoms with Gasteiger partial charge in [-0.15, -0.1) is 0 Å². The zero-order valence-electron chi connectivity index (χ0n) is 14.5. The van der Waals surface area contributed by atoms with Crippen LogP contribution in [0.15, 0.2) is 6.07 Å². The van der Waals surface area contributed by atoms with Gasteiger partial charge in [-0.05, 0) is 46.2 Å². The van der Waals surface area contributed by atoms with E-state index >= 15 is 0 Å². The number of carbonyl (C=O) groups is 1. The smallest absolute Gasteiger partial charge is 0.272 e. The molecule has 0 aromatic carbocycles. The molecule has 1 amide bonds. The van der Waals surface area contributed by atoms with Crippen LogP contribution < -0.4 is 0 Å². The predicted molar refractivity (Wildman–Crippen MR) is 88.3 cm³/mol. The monoisotopic (exact) mass is 320 g/mol. The average molecular weight is 320 g/mol. The van der Waals surface area contributed by atoms with Crippen molar-refractivity contribution < 1.29 is 9.90 Å². The maximum absolute atomic E-state index is 13.0. The standard InChI is InChI=1S/C17H28N4O2/c1-4-21-14(10-13(2)18-21)16(23)20-8-5-7-17(12-20)11-19(3)9-6-15(17)22/h10,15,22H,4-9,11-12H2,1-3H3/t15-,17-/m0/s1. The first-order valence-electron chi connectivity index (χ1n) is 8.65. The van der Waals surface area contributed by atoms with Crippen molar-refractivity contribution in [2.75, 3.05) is 33.2 Å². The maximum atomic E-state index is 13.0. The molecule has 0 bridgehead atoms. The Balaban J connectivity index is 1.81. The number of hydrogen-bond donors (Lipinski definition) is 1. The summed E-state index contributed by atoms with van der Waals surface area (Å²) in [5.41, 5.74) is 1.37.